The monoisotopic (exact) mass is 407 g/mol. The van der Waals surface area contributed by atoms with Crippen molar-refractivity contribution >= 4 is 34.9 Å². The van der Waals surface area contributed by atoms with Gasteiger partial charge in [-0.05, 0) is 35.9 Å². The Morgan fingerprint density at radius 1 is 1.00 bits per heavy atom. The minimum atomic E-state index is -2.23. The fourth-order valence-electron chi connectivity index (χ4n) is 3.35. The Morgan fingerprint density at radius 3 is 2.38 bits per heavy atom. The Balaban J connectivity index is 1.76. The highest BCUT2D eigenvalue weighted by molar-refractivity contribution is 6.30. The van der Waals surface area contributed by atoms with Crippen molar-refractivity contribution in [1.82, 2.24) is 5.32 Å². The zero-order valence-corrected chi connectivity index (χ0v) is 16.1. The van der Waals surface area contributed by atoms with Crippen LogP contribution in [0.25, 0.3) is 0 Å². The van der Waals surface area contributed by atoms with E-state index in [1.54, 1.807) is 48.5 Å². The molecule has 1 heterocycles. The zero-order chi connectivity index (χ0) is 20.4. The first-order chi connectivity index (χ1) is 14.0. The number of amides is 3. The predicted molar refractivity (Wildman–Crippen MR) is 112 cm³/mol. The van der Waals surface area contributed by atoms with Gasteiger partial charge in [-0.15, -0.1) is 0 Å². The van der Waals surface area contributed by atoms with Crippen LogP contribution in [0.3, 0.4) is 0 Å². The molecule has 6 nitrogen and oxygen atoms in total. The van der Waals surface area contributed by atoms with Gasteiger partial charge in [0.15, 0.2) is 0 Å². The highest BCUT2D eigenvalue weighted by Crippen LogP contribution is 2.39. The number of fused-ring (bicyclic) bond motifs is 1. The van der Waals surface area contributed by atoms with Crippen molar-refractivity contribution in [3.8, 4) is 0 Å². The first kappa shape index (κ1) is 19.0. The van der Waals surface area contributed by atoms with Crippen molar-refractivity contribution in [2.45, 2.75) is 12.3 Å². The average Bonchev–Trinajstić information content (AvgIpc) is 2.74. The molecular formula is C22H18ClN3O3. The molecule has 0 aliphatic carbocycles. The summed E-state index contributed by atoms with van der Waals surface area (Å²) in [5, 5.41) is 17.6. The van der Waals surface area contributed by atoms with E-state index in [2.05, 4.69) is 10.6 Å². The molecule has 0 radical (unpaired) electrons. The number of halogens is 1. The Hall–Kier alpha value is -3.35. The lowest BCUT2D eigenvalue weighted by atomic mass is 9.94. The molecule has 146 valence electrons. The van der Waals surface area contributed by atoms with Gasteiger partial charge in [0.2, 0.25) is 0 Å². The Kier molecular flexibility index (Phi) is 4.96. The highest BCUT2D eigenvalue weighted by atomic mass is 35.5. The van der Waals surface area contributed by atoms with Gasteiger partial charge in [-0.25, -0.2) is 4.79 Å². The van der Waals surface area contributed by atoms with E-state index in [0.29, 0.717) is 16.4 Å². The van der Waals surface area contributed by atoms with E-state index in [0.717, 1.165) is 10.5 Å². The summed E-state index contributed by atoms with van der Waals surface area (Å²) < 4.78 is 0. The molecule has 0 aromatic heterocycles. The number of carbonyl (C=O) groups excluding carboxylic acids is 2. The van der Waals surface area contributed by atoms with Gasteiger partial charge in [-0.2, -0.15) is 0 Å². The molecule has 0 unspecified atom stereocenters. The quantitative estimate of drug-likeness (QED) is 0.614. The average molecular weight is 408 g/mol. The number of hydrogen-bond donors (Lipinski definition) is 3. The van der Waals surface area contributed by atoms with E-state index in [1.165, 1.54) is 0 Å². The number of benzene rings is 3. The number of para-hydroxylation sites is 1. The van der Waals surface area contributed by atoms with Crippen LogP contribution in [0.4, 0.5) is 16.2 Å². The second kappa shape index (κ2) is 7.58. The minimum absolute atomic E-state index is 0.209. The molecule has 0 fully saturated rings. The van der Waals surface area contributed by atoms with Crippen LogP contribution < -0.4 is 15.5 Å². The largest absolute Gasteiger partial charge is 0.359 e. The molecule has 4 rings (SSSR count). The third-order valence-corrected chi connectivity index (χ3v) is 5.02. The molecule has 3 N–H and O–H groups in total. The van der Waals surface area contributed by atoms with E-state index in [-0.39, 0.29) is 12.1 Å². The van der Waals surface area contributed by atoms with Crippen LogP contribution in [0.2, 0.25) is 5.02 Å². The van der Waals surface area contributed by atoms with Gasteiger partial charge >= 0.3 is 6.03 Å². The number of aliphatic hydroxyl groups is 1. The van der Waals surface area contributed by atoms with Gasteiger partial charge in [0.05, 0.1) is 5.69 Å². The van der Waals surface area contributed by atoms with Gasteiger partial charge in [0, 0.05) is 22.8 Å². The van der Waals surface area contributed by atoms with Crippen LogP contribution in [0.5, 0.6) is 0 Å². The van der Waals surface area contributed by atoms with E-state index < -0.39 is 17.7 Å². The maximum Gasteiger partial charge on any atom is 0.329 e. The van der Waals surface area contributed by atoms with Crippen molar-refractivity contribution in [1.29, 1.82) is 0 Å². The standard InChI is InChI=1S/C22H18ClN3O3/c23-16-10-12-17(13-11-16)26-21(28)25-19-9-5-4-8-18(19)22(26,29)20(27)24-14-15-6-2-1-3-7-15/h1-13,29H,14H2,(H,24,27)(H,25,28)/t22-/m0/s1. The molecule has 3 amide bonds. The summed E-state index contributed by atoms with van der Waals surface area (Å²) in [6.07, 6.45) is 0. The lowest BCUT2D eigenvalue weighted by Gasteiger charge is -2.42. The van der Waals surface area contributed by atoms with Crippen molar-refractivity contribution in [3.05, 3.63) is 95.0 Å². The first-order valence-corrected chi connectivity index (χ1v) is 9.39. The van der Waals surface area contributed by atoms with Crippen molar-refractivity contribution < 1.29 is 14.7 Å². The third kappa shape index (κ3) is 3.44. The maximum atomic E-state index is 13.2. The Morgan fingerprint density at radius 2 is 1.66 bits per heavy atom. The molecule has 0 bridgehead atoms. The minimum Gasteiger partial charge on any atom is -0.359 e. The topological polar surface area (TPSA) is 81.7 Å². The SMILES string of the molecule is O=C1Nc2ccccc2[C@](O)(C(=O)NCc2ccccc2)N1c1ccc(Cl)cc1. The number of urea groups is 1. The van der Waals surface area contributed by atoms with Crippen LogP contribution in [-0.4, -0.2) is 17.0 Å². The first-order valence-electron chi connectivity index (χ1n) is 9.01. The summed E-state index contributed by atoms with van der Waals surface area (Å²) in [5.41, 5.74) is -0.378. The van der Waals surface area contributed by atoms with Crippen LogP contribution in [0, 0.1) is 0 Å². The van der Waals surface area contributed by atoms with Crippen LogP contribution in [-0.2, 0) is 17.1 Å². The molecule has 1 aliphatic rings. The smallest absolute Gasteiger partial charge is 0.329 e. The molecule has 3 aromatic rings. The van der Waals surface area contributed by atoms with Crippen molar-refractivity contribution in [2.24, 2.45) is 0 Å². The summed E-state index contributed by atoms with van der Waals surface area (Å²) in [7, 11) is 0. The van der Waals surface area contributed by atoms with Crippen LogP contribution >= 0.6 is 11.6 Å². The van der Waals surface area contributed by atoms with Gasteiger partial charge in [0.25, 0.3) is 11.6 Å². The van der Waals surface area contributed by atoms with E-state index >= 15 is 0 Å². The molecule has 1 atom stereocenters. The molecule has 1 aliphatic heterocycles. The van der Waals surface area contributed by atoms with Gasteiger partial charge in [0.1, 0.15) is 0 Å². The fraction of sp³-hybridized carbons (Fsp3) is 0.0909. The summed E-state index contributed by atoms with van der Waals surface area (Å²) in [6, 6.07) is 21.7. The van der Waals surface area contributed by atoms with Crippen LogP contribution in [0.15, 0.2) is 78.9 Å². The molecule has 7 heteroatoms. The molecule has 0 spiro atoms. The van der Waals surface area contributed by atoms with Gasteiger partial charge in [-0.3, -0.25) is 9.69 Å². The van der Waals surface area contributed by atoms with Gasteiger partial charge < -0.3 is 15.7 Å². The Bertz CT molecular complexity index is 1060. The normalized spacial score (nSPS) is 18.0. The molecular weight excluding hydrogens is 390 g/mol. The lowest BCUT2D eigenvalue weighted by Crippen LogP contribution is -2.62. The summed E-state index contributed by atoms with van der Waals surface area (Å²) in [5.74, 6) is -0.710. The lowest BCUT2D eigenvalue weighted by molar-refractivity contribution is -0.140. The van der Waals surface area contributed by atoms with Gasteiger partial charge in [-0.1, -0.05) is 60.1 Å². The van der Waals surface area contributed by atoms with Crippen molar-refractivity contribution in [2.75, 3.05) is 10.2 Å². The summed E-state index contributed by atoms with van der Waals surface area (Å²) in [6.45, 7) is 0.209. The Labute approximate surface area is 172 Å². The third-order valence-electron chi connectivity index (χ3n) is 4.77. The number of nitrogens with zero attached hydrogens (tertiary/aromatic N) is 1. The maximum absolute atomic E-state index is 13.2. The van der Waals surface area contributed by atoms with E-state index in [1.807, 2.05) is 30.3 Å². The predicted octanol–water partition coefficient (Wildman–Crippen LogP) is 3.85. The highest BCUT2D eigenvalue weighted by Gasteiger charge is 2.51. The van der Waals surface area contributed by atoms with E-state index in [4.69, 9.17) is 11.6 Å². The molecule has 3 aromatic carbocycles. The number of anilines is 2. The number of nitrogens with one attached hydrogen (secondary N) is 2. The fourth-order valence-corrected chi connectivity index (χ4v) is 3.48. The van der Waals surface area contributed by atoms with E-state index in [9.17, 15) is 14.7 Å². The van der Waals surface area contributed by atoms with Crippen molar-refractivity contribution in [3.63, 3.8) is 0 Å². The summed E-state index contributed by atoms with van der Waals surface area (Å²) in [4.78, 5) is 27.2. The zero-order valence-electron chi connectivity index (χ0n) is 15.3. The number of rotatable bonds is 4. The molecule has 29 heavy (non-hydrogen) atoms. The summed E-state index contributed by atoms with van der Waals surface area (Å²) >= 11 is 5.96. The van der Waals surface area contributed by atoms with Crippen LogP contribution in [0.1, 0.15) is 11.1 Å². The second-order valence-corrected chi connectivity index (χ2v) is 7.06. The molecule has 0 saturated carbocycles. The number of hydrogen-bond acceptors (Lipinski definition) is 3. The number of carbonyl (C=O) groups is 2. The molecule has 0 saturated heterocycles. The second-order valence-electron chi connectivity index (χ2n) is 6.63.